The first kappa shape index (κ1) is 16.7. The van der Waals surface area contributed by atoms with Crippen LogP contribution < -0.4 is 16.4 Å². The third-order valence-electron chi connectivity index (χ3n) is 4.86. The van der Waals surface area contributed by atoms with Crippen LogP contribution in [0.1, 0.15) is 18.4 Å². The molecule has 134 valence electrons. The van der Waals surface area contributed by atoms with Crippen molar-refractivity contribution in [2.75, 3.05) is 12.4 Å². The largest absolute Gasteiger partial charge is 0.381 e. The Morgan fingerprint density at radius 3 is 2.58 bits per heavy atom. The monoisotopic (exact) mass is 350 g/mol. The summed E-state index contributed by atoms with van der Waals surface area (Å²) in [5.74, 6) is 0.450. The van der Waals surface area contributed by atoms with Crippen molar-refractivity contribution in [3.63, 3.8) is 0 Å². The molecule has 0 bridgehead atoms. The standard InChI is InChI=1S/C19H22N6O/c1-26-16-11-14(12-16)19(20)24-17(13-5-3-2-4-6-13)23-18(25-19)22-15-7-9-21-10-8-15/h2-10,14,16H,11-12,20H2,1H3,(H2,21,22,23,24,25). The molecular formula is C19H22N6O. The van der Waals surface area contributed by atoms with E-state index in [0.717, 1.165) is 24.1 Å². The van der Waals surface area contributed by atoms with E-state index in [9.17, 15) is 0 Å². The number of hydrogen-bond donors (Lipinski definition) is 3. The summed E-state index contributed by atoms with van der Waals surface area (Å²) in [6.07, 6.45) is 5.42. The van der Waals surface area contributed by atoms with Gasteiger partial charge >= 0.3 is 0 Å². The molecule has 1 aliphatic heterocycles. The van der Waals surface area contributed by atoms with Crippen molar-refractivity contribution < 1.29 is 4.74 Å². The van der Waals surface area contributed by atoms with Crippen LogP contribution in [0.25, 0.3) is 0 Å². The van der Waals surface area contributed by atoms with Gasteiger partial charge in [0.25, 0.3) is 0 Å². The number of guanidine groups is 1. The molecule has 0 radical (unpaired) electrons. The topological polar surface area (TPSA) is 96.9 Å². The lowest BCUT2D eigenvalue weighted by atomic mass is 9.77. The number of nitrogens with two attached hydrogens (primary N) is 1. The SMILES string of the molecule is COC1CC(C2(N)N=C(Nc3ccncc3)N=C(c3ccccc3)N2)C1. The fourth-order valence-electron chi connectivity index (χ4n) is 3.22. The van der Waals surface area contributed by atoms with Crippen LogP contribution in [0, 0.1) is 5.92 Å². The summed E-state index contributed by atoms with van der Waals surface area (Å²) >= 11 is 0. The van der Waals surface area contributed by atoms with Crippen molar-refractivity contribution in [3.05, 3.63) is 60.4 Å². The van der Waals surface area contributed by atoms with E-state index in [0.29, 0.717) is 11.8 Å². The van der Waals surface area contributed by atoms with Crippen LogP contribution in [0.15, 0.2) is 64.8 Å². The van der Waals surface area contributed by atoms with Gasteiger partial charge in [0, 0.05) is 36.7 Å². The number of ether oxygens (including phenoxy) is 1. The van der Waals surface area contributed by atoms with Crippen LogP contribution in [0.5, 0.6) is 0 Å². The normalized spacial score (nSPS) is 27.6. The predicted octanol–water partition coefficient (Wildman–Crippen LogP) is 1.94. The van der Waals surface area contributed by atoms with Crippen LogP contribution in [0.4, 0.5) is 5.69 Å². The average Bonchev–Trinajstić information content (AvgIpc) is 2.62. The number of hydrogen-bond acceptors (Lipinski definition) is 7. The molecule has 1 aromatic heterocycles. The number of aliphatic imine (C=N–C) groups is 2. The highest BCUT2D eigenvalue weighted by atomic mass is 16.5. The molecule has 1 fully saturated rings. The second-order valence-electron chi connectivity index (χ2n) is 6.60. The maximum Gasteiger partial charge on any atom is 0.228 e. The second kappa shape index (κ2) is 6.86. The van der Waals surface area contributed by atoms with Crippen LogP contribution in [-0.4, -0.2) is 35.8 Å². The third-order valence-corrected chi connectivity index (χ3v) is 4.86. The van der Waals surface area contributed by atoms with E-state index in [-0.39, 0.29) is 12.0 Å². The molecule has 1 unspecified atom stereocenters. The first-order valence-corrected chi connectivity index (χ1v) is 8.67. The van der Waals surface area contributed by atoms with Crippen molar-refractivity contribution >= 4 is 17.5 Å². The quantitative estimate of drug-likeness (QED) is 0.783. The molecule has 0 saturated heterocycles. The van der Waals surface area contributed by atoms with Crippen molar-refractivity contribution in [2.24, 2.45) is 21.6 Å². The lowest BCUT2D eigenvalue weighted by Gasteiger charge is -2.45. The van der Waals surface area contributed by atoms with Crippen molar-refractivity contribution in [2.45, 2.75) is 24.7 Å². The van der Waals surface area contributed by atoms with Crippen molar-refractivity contribution in [1.82, 2.24) is 10.3 Å². The fourth-order valence-corrected chi connectivity index (χ4v) is 3.22. The molecule has 7 heteroatoms. The zero-order valence-electron chi connectivity index (χ0n) is 14.6. The Morgan fingerprint density at radius 2 is 1.88 bits per heavy atom. The molecule has 2 heterocycles. The van der Waals surface area contributed by atoms with Gasteiger partial charge in [-0.05, 0) is 25.0 Å². The number of nitrogens with zero attached hydrogens (tertiary/aromatic N) is 3. The minimum atomic E-state index is -0.919. The van der Waals surface area contributed by atoms with Gasteiger partial charge in [0.1, 0.15) is 5.84 Å². The Labute approximate surface area is 152 Å². The fraction of sp³-hybridized carbons (Fsp3) is 0.316. The Balaban J connectivity index is 1.65. The summed E-state index contributed by atoms with van der Waals surface area (Å²) < 4.78 is 5.40. The zero-order valence-corrected chi connectivity index (χ0v) is 14.6. The first-order chi connectivity index (χ1) is 12.7. The number of amidine groups is 1. The van der Waals surface area contributed by atoms with E-state index in [1.54, 1.807) is 19.5 Å². The third kappa shape index (κ3) is 3.31. The van der Waals surface area contributed by atoms with Gasteiger partial charge in [-0.15, -0.1) is 0 Å². The van der Waals surface area contributed by atoms with Gasteiger partial charge in [-0.2, -0.15) is 4.99 Å². The number of nitrogens with one attached hydrogen (secondary N) is 2. The summed E-state index contributed by atoms with van der Waals surface area (Å²) in [5.41, 5.74) is 8.50. The van der Waals surface area contributed by atoms with Crippen LogP contribution in [0.3, 0.4) is 0 Å². The Kier molecular flexibility index (Phi) is 4.40. The van der Waals surface area contributed by atoms with Gasteiger partial charge in [-0.25, -0.2) is 4.99 Å². The Hall–Kier alpha value is -2.77. The number of rotatable bonds is 4. The van der Waals surface area contributed by atoms with E-state index in [1.165, 1.54) is 0 Å². The minimum absolute atomic E-state index is 0.177. The van der Waals surface area contributed by atoms with Gasteiger partial charge < -0.3 is 15.4 Å². The van der Waals surface area contributed by atoms with E-state index in [1.807, 2.05) is 42.5 Å². The molecule has 4 N–H and O–H groups in total. The minimum Gasteiger partial charge on any atom is -0.381 e. The first-order valence-electron chi connectivity index (χ1n) is 8.67. The number of methoxy groups -OCH3 is 1. The molecule has 0 amide bonds. The molecule has 4 rings (SSSR count). The van der Waals surface area contributed by atoms with Crippen molar-refractivity contribution in [1.29, 1.82) is 0 Å². The molecule has 1 aliphatic carbocycles. The van der Waals surface area contributed by atoms with Gasteiger partial charge in [0.2, 0.25) is 5.96 Å². The molecule has 7 nitrogen and oxygen atoms in total. The van der Waals surface area contributed by atoms with Gasteiger partial charge in [-0.3, -0.25) is 10.7 Å². The average molecular weight is 350 g/mol. The summed E-state index contributed by atoms with van der Waals surface area (Å²) in [6.45, 7) is 0. The predicted molar refractivity (Wildman–Crippen MR) is 102 cm³/mol. The Morgan fingerprint density at radius 1 is 1.15 bits per heavy atom. The summed E-state index contributed by atoms with van der Waals surface area (Å²) in [7, 11) is 1.73. The molecule has 0 spiro atoms. The van der Waals surface area contributed by atoms with Gasteiger partial charge in [-0.1, -0.05) is 30.3 Å². The summed E-state index contributed by atoms with van der Waals surface area (Å²) in [6, 6.07) is 13.7. The molecule has 2 aliphatic rings. The lowest BCUT2D eigenvalue weighted by Crippen LogP contribution is -2.65. The van der Waals surface area contributed by atoms with Crippen LogP contribution in [-0.2, 0) is 4.74 Å². The molecular weight excluding hydrogens is 328 g/mol. The number of anilines is 1. The van der Waals surface area contributed by atoms with Crippen molar-refractivity contribution in [3.8, 4) is 0 Å². The second-order valence-corrected chi connectivity index (χ2v) is 6.60. The maximum atomic E-state index is 6.67. The molecule has 2 aromatic rings. The highest BCUT2D eigenvalue weighted by Crippen LogP contribution is 2.37. The smallest absolute Gasteiger partial charge is 0.228 e. The maximum absolute atomic E-state index is 6.67. The summed E-state index contributed by atoms with van der Waals surface area (Å²) in [5, 5.41) is 6.58. The number of pyridine rings is 1. The molecule has 1 saturated carbocycles. The Bertz CT molecular complexity index is 816. The highest BCUT2D eigenvalue weighted by molar-refractivity contribution is 6.10. The van der Waals surface area contributed by atoms with E-state index < -0.39 is 5.79 Å². The van der Waals surface area contributed by atoms with Gasteiger partial charge in [0.05, 0.1) is 6.10 Å². The highest BCUT2D eigenvalue weighted by Gasteiger charge is 2.46. The summed E-state index contributed by atoms with van der Waals surface area (Å²) in [4.78, 5) is 13.4. The number of benzene rings is 1. The van der Waals surface area contributed by atoms with Crippen LogP contribution >= 0.6 is 0 Å². The van der Waals surface area contributed by atoms with Gasteiger partial charge in [0.15, 0.2) is 5.79 Å². The van der Waals surface area contributed by atoms with E-state index >= 15 is 0 Å². The molecule has 26 heavy (non-hydrogen) atoms. The lowest BCUT2D eigenvalue weighted by molar-refractivity contribution is -0.0300. The number of aromatic nitrogens is 1. The molecule has 1 aromatic carbocycles. The van der Waals surface area contributed by atoms with Crippen LogP contribution in [0.2, 0.25) is 0 Å². The van der Waals surface area contributed by atoms with E-state index in [2.05, 4.69) is 25.6 Å². The zero-order chi connectivity index (χ0) is 18.0. The molecule has 1 atom stereocenters. The van der Waals surface area contributed by atoms with E-state index in [4.69, 9.17) is 10.5 Å².